The molecule has 0 radical (unpaired) electrons. The van der Waals surface area contributed by atoms with Crippen LogP contribution in [0.4, 0.5) is 4.39 Å². The summed E-state index contributed by atoms with van der Waals surface area (Å²) in [6.45, 7) is 2.86. The van der Waals surface area contributed by atoms with Gasteiger partial charge >= 0.3 is 0 Å². The van der Waals surface area contributed by atoms with E-state index in [1.807, 2.05) is 6.07 Å². The number of hydrogen-bond acceptors (Lipinski definition) is 4. The standard InChI is InChI=1S/C14H16FN5O/c1-10-5-6-20(13(21)8-19-9-16-17-18-19)14(10)11-3-2-4-12(15)7-11/h2-4,7,9-10,14H,5-6,8H2,1H3/t10-,14-/m0/s1. The second-order valence-electron chi connectivity index (χ2n) is 5.36. The van der Waals surface area contributed by atoms with Gasteiger partial charge in [-0.05, 0) is 40.5 Å². The number of tetrazole rings is 1. The van der Waals surface area contributed by atoms with Gasteiger partial charge in [-0.15, -0.1) is 5.10 Å². The Morgan fingerprint density at radius 2 is 2.33 bits per heavy atom. The van der Waals surface area contributed by atoms with Crippen LogP contribution in [0.15, 0.2) is 30.6 Å². The molecule has 0 aliphatic carbocycles. The van der Waals surface area contributed by atoms with Crippen molar-refractivity contribution >= 4 is 5.91 Å². The largest absolute Gasteiger partial charge is 0.334 e. The Balaban J connectivity index is 1.82. The van der Waals surface area contributed by atoms with Crippen LogP contribution < -0.4 is 0 Å². The van der Waals surface area contributed by atoms with Gasteiger partial charge in [-0.2, -0.15) is 0 Å². The number of carbonyl (C=O) groups excluding carboxylic acids is 1. The lowest BCUT2D eigenvalue weighted by Crippen LogP contribution is -2.34. The fourth-order valence-electron chi connectivity index (χ4n) is 2.91. The lowest BCUT2D eigenvalue weighted by Gasteiger charge is -2.27. The highest BCUT2D eigenvalue weighted by Gasteiger charge is 2.35. The molecule has 2 aromatic rings. The van der Waals surface area contributed by atoms with Crippen molar-refractivity contribution in [2.45, 2.75) is 25.9 Å². The topological polar surface area (TPSA) is 63.9 Å². The molecule has 1 aliphatic heterocycles. The van der Waals surface area contributed by atoms with Gasteiger partial charge in [0.05, 0.1) is 6.04 Å². The van der Waals surface area contributed by atoms with E-state index in [0.717, 1.165) is 12.0 Å². The van der Waals surface area contributed by atoms with E-state index in [-0.39, 0.29) is 24.3 Å². The van der Waals surface area contributed by atoms with Gasteiger partial charge < -0.3 is 4.90 Å². The number of likely N-dealkylation sites (tertiary alicyclic amines) is 1. The van der Waals surface area contributed by atoms with Crippen LogP contribution in [-0.4, -0.2) is 37.6 Å². The molecule has 1 amide bonds. The molecule has 110 valence electrons. The van der Waals surface area contributed by atoms with E-state index in [4.69, 9.17) is 0 Å². The predicted molar refractivity (Wildman–Crippen MR) is 72.5 cm³/mol. The van der Waals surface area contributed by atoms with E-state index < -0.39 is 0 Å². The van der Waals surface area contributed by atoms with Gasteiger partial charge in [0.15, 0.2) is 0 Å². The molecule has 1 aromatic carbocycles. The van der Waals surface area contributed by atoms with E-state index >= 15 is 0 Å². The third-order valence-electron chi connectivity index (χ3n) is 3.90. The normalized spacial score (nSPS) is 21.7. The summed E-state index contributed by atoms with van der Waals surface area (Å²) in [5.74, 6) is -0.0370. The third-order valence-corrected chi connectivity index (χ3v) is 3.90. The second kappa shape index (κ2) is 5.59. The van der Waals surface area contributed by atoms with Crippen LogP contribution in [0, 0.1) is 11.7 Å². The van der Waals surface area contributed by atoms with E-state index in [0.29, 0.717) is 12.5 Å². The van der Waals surface area contributed by atoms with Crippen molar-refractivity contribution in [2.24, 2.45) is 5.92 Å². The summed E-state index contributed by atoms with van der Waals surface area (Å²) in [6.07, 6.45) is 2.32. The molecule has 0 spiro atoms. The van der Waals surface area contributed by atoms with E-state index in [1.54, 1.807) is 11.0 Å². The zero-order valence-electron chi connectivity index (χ0n) is 11.7. The molecule has 0 N–H and O–H groups in total. The molecule has 1 aliphatic rings. The number of benzene rings is 1. The fraction of sp³-hybridized carbons (Fsp3) is 0.429. The van der Waals surface area contributed by atoms with E-state index in [1.165, 1.54) is 23.1 Å². The number of aromatic nitrogens is 4. The van der Waals surface area contributed by atoms with Crippen LogP contribution in [0.25, 0.3) is 0 Å². The summed E-state index contributed by atoms with van der Waals surface area (Å²) >= 11 is 0. The smallest absolute Gasteiger partial charge is 0.244 e. The maximum Gasteiger partial charge on any atom is 0.244 e. The molecule has 1 aromatic heterocycles. The van der Waals surface area contributed by atoms with Crippen LogP contribution in [0.2, 0.25) is 0 Å². The first-order valence-corrected chi connectivity index (χ1v) is 6.91. The molecule has 2 atom stereocenters. The molecule has 1 saturated heterocycles. The molecule has 0 saturated carbocycles. The molecule has 3 rings (SSSR count). The van der Waals surface area contributed by atoms with Crippen molar-refractivity contribution in [1.82, 2.24) is 25.1 Å². The Hall–Kier alpha value is -2.31. The van der Waals surface area contributed by atoms with Gasteiger partial charge in [0, 0.05) is 6.54 Å². The summed E-state index contributed by atoms with van der Waals surface area (Å²) in [5, 5.41) is 10.7. The van der Waals surface area contributed by atoms with Crippen molar-refractivity contribution in [3.63, 3.8) is 0 Å². The molecule has 1 fully saturated rings. The van der Waals surface area contributed by atoms with Crippen molar-refractivity contribution in [3.8, 4) is 0 Å². The van der Waals surface area contributed by atoms with Gasteiger partial charge in [-0.3, -0.25) is 4.79 Å². The van der Waals surface area contributed by atoms with Gasteiger partial charge in [-0.25, -0.2) is 9.07 Å². The molecule has 2 heterocycles. The first-order chi connectivity index (χ1) is 10.1. The summed E-state index contributed by atoms with van der Waals surface area (Å²) in [6, 6.07) is 6.37. The van der Waals surface area contributed by atoms with Crippen molar-refractivity contribution < 1.29 is 9.18 Å². The monoisotopic (exact) mass is 289 g/mol. The molecule has 21 heavy (non-hydrogen) atoms. The molecule has 7 heteroatoms. The minimum Gasteiger partial charge on any atom is -0.334 e. The lowest BCUT2D eigenvalue weighted by molar-refractivity contribution is -0.133. The Labute approximate surface area is 121 Å². The third kappa shape index (κ3) is 2.76. The molecular formula is C14H16FN5O. The Kier molecular flexibility index (Phi) is 3.64. The Morgan fingerprint density at radius 3 is 3.05 bits per heavy atom. The van der Waals surface area contributed by atoms with E-state index in [9.17, 15) is 9.18 Å². The highest BCUT2D eigenvalue weighted by molar-refractivity contribution is 5.76. The van der Waals surface area contributed by atoms with E-state index in [2.05, 4.69) is 22.4 Å². The maximum absolute atomic E-state index is 13.4. The maximum atomic E-state index is 13.4. The number of carbonyl (C=O) groups is 1. The summed E-state index contributed by atoms with van der Waals surface area (Å²) in [4.78, 5) is 14.2. The Morgan fingerprint density at radius 1 is 1.48 bits per heavy atom. The van der Waals surface area contributed by atoms with Crippen LogP contribution >= 0.6 is 0 Å². The minimum absolute atomic E-state index is 0.0547. The highest BCUT2D eigenvalue weighted by atomic mass is 19.1. The van der Waals surface area contributed by atoms with Gasteiger partial charge in [0.2, 0.25) is 5.91 Å². The second-order valence-corrected chi connectivity index (χ2v) is 5.36. The van der Waals surface area contributed by atoms with Crippen LogP contribution in [0.1, 0.15) is 24.9 Å². The van der Waals surface area contributed by atoms with Crippen molar-refractivity contribution in [1.29, 1.82) is 0 Å². The number of nitrogens with zero attached hydrogens (tertiary/aromatic N) is 5. The Bertz CT molecular complexity index is 630. The van der Waals surface area contributed by atoms with Crippen molar-refractivity contribution in [2.75, 3.05) is 6.54 Å². The average Bonchev–Trinajstić information content (AvgIpc) is 3.08. The lowest BCUT2D eigenvalue weighted by atomic mass is 9.95. The minimum atomic E-state index is -0.278. The van der Waals surface area contributed by atoms with Crippen LogP contribution in [0.5, 0.6) is 0 Å². The predicted octanol–water partition coefficient (Wildman–Crippen LogP) is 1.42. The number of halogens is 1. The number of amides is 1. The van der Waals surface area contributed by atoms with Crippen LogP contribution in [0.3, 0.4) is 0 Å². The highest BCUT2D eigenvalue weighted by Crippen LogP contribution is 2.37. The fourth-order valence-corrected chi connectivity index (χ4v) is 2.91. The first kappa shape index (κ1) is 13.7. The number of rotatable bonds is 3. The SMILES string of the molecule is C[C@H]1CCN(C(=O)Cn2cnnn2)[C@@H]1c1cccc(F)c1. The zero-order valence-corrected chi connectivity index (χ0v) is 11.7. The molecular weight excluding hydrogens is 273 g/mol. The van der Waals surface area contributed by atoms with Crippen molar-refractivity contribution in [3.05, 3.63) is 42.0 Å². The first-order valence-electron chi connectivity index (χ1n) is 6.91. The van der Waals surface area contributed by atoms with Gasteiger partial charge in [0.25, 0.3) is 0 Å². The molecule has 0 bridgehead atoms. The van der Waals surface area contributed by atoms with Gasteiger partial charge in [0.1, 0.15) is 18.7 Å². The summed E-state index contributed by atoms with van der Waals surface area (Å²) in [7, 11) is 0. The summed E-state index contributed by atoms with van der Waals surface area (Å²) < 4.78 is 14.8. The summed E-state index contributed by atoms with van der Waals surface area (Å²) in [5.41, 5.74) is 0.838. The van der Waals surface area contributed by atoms with Gasteiger partial charge in [-0.1, -0.05) is 19.1 Å². The number of hydrogen-bond donors (Lipinski definition) is 0. The van der Waals surface area contributed by atoms with Crippen LogP contribution in [-0.2, 0) is 11.3 Å². The average molecular weight is 289 g/mol. The quantitative estimate of drug-likeness (QED) is 0.857. The molecule has 6 nitrogen and oxygen atoms in total. The zero-order chi connectivity index (χ0) is 14.8. The molecule has 0 unspecified atom stereocenters.